The Bertz CT molecular complexity index is 2690. The minimum absolute atomic E-state index is 0.0873. The van der Waals surface area contributed by atoms with Crippen LogP contribution in [0.3, 0.4) is 0 Å². The van der Waals surface area contributed by atoms with Crippen LogP contribution in [0.25, 0.3) is 88.6 Å². The van der Waals surface area contributed by atoms with Crippen molar-refractivity contribution in [3.63, 3.8) is 0 Å². The van der Waals surface area contributed by atoms with Crippen LogP contribution < -0.4 is 0 Å². The van der Waals surface area contributed by atoms with Gasteiger partial charge in [-0.3, -0.25) is 0 Å². The molecular weight excluding hydrogens is 552 g/mol. The number of hydrogen-bond acceptors (Lipinski definition) is 4. The van der Waals surface area contributed by atoms with Gasteiger partial charge < -0.3 is 8.83 Å². The molecule has 10 rings (SSSR count). The lowest BCUT2D eigenvalue weighted by molar-refractivity contribution is 0.658. The Morgan fingerprint density at radius 2 is 1.20 bits per heavy atom. The summed E-state index contributed by atoms with van der Waals surface area (Å²) in [6, 6.07) is 42.2. The second-order valence-electron chi connectivity index (χ2n) is 12.6. The number of benzene rings is 6. The predicted molar refractivity (Wildman–Crippen MR) is 183 cm³/mol. The quantitative estimate of drug-likeness (QED) is 0.205. The summed E-state index contributed by atoms with van der Waals surface area (Å²) in [7, 11) is 0. The molecule has 4 nitrogen and oxygen atoms in total. The summed E-state index contributed by atoms with van der Waals surface area (Å²) in [5.74, 6) is 0.679. The molecule has 6 aromatic carbocycles. The fraction of sp³-hybridized carbons (Fsp3) is 0.0732. The molecule has 0 aliphatic heterocycles. The molecule has 212 valence electrons. The van der Waals surface area contributed by atoms with Gasteiger partial charge in [-0.1, -0.05) is 86.6 Å². The number of rotatable bonds is 2. The minimum atomic E-state index is -0.0873. The van der Waals surface area contributed by atoms with E-state index in [-0.39, 0.29) is 5.41 Å². The van der Waals surface area contributed by atoms with E-state index in [0.29, 0.717) is 5.82 Å². The first kappa shape index (κ1) is 24.7. The van der Waals surface area contributed by atoms with E-state index in [9.17, 15) is 0 Å². The summed E-state index contributed by atoms with van der Waals surface area (Å²) >= 11 is 0. The fourth-order valence-electron chi connectivity index (χ4n) is 7.49. The van der Waals surface area contributed by atoms with Gasteiger partial charge in [-0.25, -0.2) is 9.97 Å². The van der Waals surface area contributed by atoms with Gasteiger partial charge in [-0.15, -0.1) is 0 Å². The highest BCUT2D eigenvalue weighted by Gasteiger charge is 2.36. The van der Waals surface area contributed by atoms with Crippen molar-refractivity contribution >= 4 is 54.8 Å². The molecule has 0 amide bonds. The maximum atomic E-state index is 6.44. The summed E-state index contributed by atoms with van der Waals surface area (Å²) in [5, 5.41) is 5.33. The van der Waals surface area contributed by atoms with Crippen LogP contribution in [-0.4, -0.2) is 9.97 Å². The molecule has 0 bridgehead atoms. The van der Waals surface area contributed by atoms with Gasteiger partial charge in [0.2, 0.25) is 0 Å². The zero-order valence-electron chi connectivity index (χ0n) is 24.8. The van der Waals surface area contributed by atoms with Crippen molar-refractivity contribution in [1.82, 2.24) is 9.97 Å². The number of para-hydroxylation sites is 2. The molecule has 0 saturated carbocycles. The van der Waals surface area contributed by atoms with Gasteiger partial charge in [0.15, 0.2) is 5.82 Å². The summed E-state index contributed by atoms with van der Waals surface area (Å²) in [5.41, 5.74) is 12.4. The molecule has 4 heteroatoms. The first-order valence-electron chi connectivity index (χ1n) is 15.3. The molecule has 45 heavy (non-hydrogen) atoms. The van der Waals surface area contributed by atoms with Crippen molar-refractivity contribution in [2.45, 2.75) is 19.3 Å². The Hall–Kier alpha value is -5.74. The van der Waals surface area contributed by atoms with Gasteiger partial charge in [0.1, 0.15) is 22.3 Å². The van der Waals surface area contributed by atoms with E-state index in [1.54, 1.807) is 0 Å². The van der Waals surface area contributed by atoms with Gasteiger partial charge >= 0.3 is 0 Å². The number of fused-ring (bicyclic) bond motifs is 10. The van der Waals surface area contributed by atoms with Crippen LogP contribution in [-0.2, 0) is 5.41 Å². The van der Waals surface area contributed by atoms with Gasteiger partial charge in [0, 0.05) is 43.5 Å². The van der Waals surface area contributed by atoms with Gasteiger partial charge in [-0.2, -0.15) is 0 Å². The Balaban J connectivity index is 1.20. The minimum Gasteiger partial charge on any atom is -0.456 e. The van der Waals surface area contributed by atoms with Crippen LogP contribution in [0.4, 0.5) is 0 Å². The lowest BCUT2D eigenvalue weighted by atomic mass is 9.82. The second-order valence-corrected chi connectivity index (χ2v) is 12.6. The predicted octanol–water partition coefficient (Wildman–Crippen LogP) is 11.1. The second kappa shape index (κ2) is 8.67. The maximum Gasteiger partial charge on any atom is 0.160 e. The van der Waals surface area contributed by atoms with Crippen LogP contribution in [0.1, 0.15) is 25.0 Å². The van der Waals surface area contributed by atoms with Crippen molar-refractivity contribution < 1.29 is 8.83 Å². The third-order valence-electron chi connectivity index (χ3n) is 9.69. The number of furan rings is 2. The standard InChI is InChI=1S/C41H26N2O2/c1-41(2)31-14-6-3-10-24(31)28-22-37-30(21-32(28)41)29-20-23(18-19-35(29)45-37)40-42-33-15-7-4-11-25(33)39(43-40)27-13-9-17-36-38(27)26-12-5-8-16-34(26)44-36/h3-22H,1-2H3. The van der Waals surface area contributed by atoms with Crippen molar-refractivity contribution in [2.24, 2.45) is 0 Å². The van der Waals surface area contributed by atoms with E-state index >= 15 is 0 Å². The van der Waals surface area contributed by atoms with Crippen molar-refractivity contribution in [1.29, 1.82) is 0 Å². The molecule has 0 atom stereocenters. The van der Waals surface area contributed by atoms with E-state index in [1.165, 1.54) is 22.3 Å². The summed E-state index contributed by atoms with van der Waals surface area (Å²) in [6.45, 7) is 4.62. The highest BCUT2D eigenvalue weighted by atomic mass is 16.3. The zero-order chi connectivity index (χ0) is 29.9. The molecule has 0 saturated heterocycles. The van der Waals surface area contributed by atoms with Gasteiger partial charge in [0.25, 0.3) is 0 Å². The molecule has 0 radical (unpaired) electrons. The van der Waals surface area contributed by atoms with Crippen LogP contribution in [0, 0.1) is 0 Å². The Morgan fingerprint density at radius 3 is 2.13 bits per heavy atom. The van der Waals surface area contributed by atoms with E-state index in [4.69, 9.17) is 18.8 Å². The topological polar surface area (TPSA) is 52.1 Å². The molecule has 0 fully saturated rings. The molecule has 1 aliphatic carbocycles. The SMILES string of the molecule is CC1(C)c2ccccc2-c2cc3oc4ccc(-c5nc(-c6cccc7oc8ccccc8c67)c6ccccc6n5)cc4c3cc21. The molecule has 0 spiro atoms. The lowest BCUT2D eigenvalue weighted by Crippen LogP contribution is -2.14. The maximum absolute atomic E-state index is 6.44. The highest BCUT2D eigenvalue weighted by molar-refractivity contribution is 6.14. The average molecular weight is 579 g/mol. The number of aromatic nitrogens is 2. The molecule has 1 aliphatic rings. The molecule has 3 aromatic heterocycles. The Kier molecular flexibility index (Phi) is 4.76. The first-order chi connectivity index (χ1) is 22.0. The summed E-state index contributed by atoms with van der Waals surface area (Å²) in [4.78, 5) is 10.3. The average Bonchev–Trinajstić information content (AvgIpc) is 3.71. The van der Waals surface area contributed by atoms with Crippen molar-refractivity contribution in [2.75, 3.05) is 0 Å². The van der Waals surface area contributed by atoms with Crippen LogP contribution >= 0.6 is 0 Å². The summed E-state index contributed by atoms with van der Waals surface area (Å²) < 4.78 is 12.7. The van der Waals surface area contributed by atoms with Crippen LogP contribution in [0.2, 0.25) is 0 Å². The third-order valence-corrected chi connectivity index (χ3v) is 9.69. The zero-order valence-corrected chi connectivity index (χ0v) is 24.8. The monoisotopic (exact) mass is 578 g/mol. The van der Waals surface area contributed by atoms with Crippen molar-refractivity contribution in [3.05, 3.63) is 132 Å². The molecule has 0 unspecified atom stereocenters. The van der Waals surface area contributed by atoms with Gasteiger partial charge in [0.05, 0.1) is 11.2 Å². The highest BCUT2D eigenvalue weighted by Crippen LogP contribution is 2.51. The normalized spacial score (nSPS) is 13.7. The number of nitrogens with zero attached hydrogens (tertiary/aromatic N) is 2. The largest absolute Gasteiger partial charge is 0.456 e. The fourth-order valence-corrected chi connectivity index (χ4v) is 7.49. The van der Waals surface area contributed by atoms with E-state index < -0.39 is 0 Å². The summed E-state index contributed by atoms with van der Waals surface area (Å²) in [6.07, 6.45) is 0. The third kappa shape index (κ3) is 3.37. The molecule has 3 heterocycles. The van der Waals surface area contributed by atoms with Crippen LogP contribution in [0.15, 0.2) is 130 Å². The Morgan fingerprint density at radius 1 is 0.489 bits per heavy atom. The van der Waals surface area contributed by atoms with E-state index in [0.717, 1.165) is 71.6 Å². The number of hydrogen-bond donors (Lipinski definition) is 0. The smallest absolute Gasteiger partial charge is 0.160 e. The molecule has 9 aromatic rings. The van der Waals surface area contributed by atoms with Gasteiger partial charge in [-0.05, 0) is 70.8 Å². The molecule has 0 N–H and O–H groups in total. The van der Waals surface area contributed by atoms with Crippen molar-refractivity contribution in [3.8, 4) is 33.8 Å². The Labute approximate surface area is 258 Å². The lowest BCUT2D eigenvalue weighted by Gasteiger charge is -2.21. The molecular formula is C41H26N2O2. The van der Waals surface area contributed by atoms with E-state index in [2.05, 4.69) is 98.8 Å². The van der Waals surface area contributed by atoms with Crippen LogP contribution in [0.5, 0.6) is 0 Å². The van der Waals surface area contributed by atoms with E-state index in [1.807, 2.05) is 36.4 Å². The first-order valence-corrected chi connectivity index (χ1v) is 15.3.